The minimum atomic E-state index is -1.65. The van der Waals surface area contributed by atoms with Gasteiger partial charge in [-0.05, 0) is 35.3 Å². The summed E-state index contributed by atoms with van der Waals surface area (Å²) in [5.41, 5.74) is 0.520. The fourth-order valence-electron chi connectivity index (χ4n) is 4.23. The molecule has 0 aliphatic carbocycles. The number of hydrogen-bond donors (Lipinski definition) is 0. The topological polar surface area (TPSA) is 26.3 Å². The number of carbonyl (C=O) groups excluding carboxylic acids is 1. The minimum Gasteiger partial charge on any atom is -0.462 e. The molecular weight excluding hydrogens is 312 g/mol. The van der Waals surface area contributed by atoms with Gasteiger partial charge in [0.2, 0.25) is 0 Å². The van der Waals surface area contributed by atoms with Gasteiger partial charge in [-0.15, -0.1) is 6.58 Å². The molecule has 1 aliphatic rings. The Morgan fingerprint density at radius 1 is 1.29 bits per heavy atom. The lowest BCUT2D eigenvalue weighted by molar-refractivity contribution is -0.168. The van der Waals surface area contributed by atoms with Crippen LogP contribution < -0.4 is 0 Å². The zero-order valence-electron chi connectivity index (χ0n) is 17.3. The van der Waals surface area contributed by atoms with Crippen molar-refractivity contribution in [2.24, 2.45) is 17.8 Å². The summed E-state index contributed by atoms with van der Waals surface area (Å²) in [6.07, 6.45) is 6.25. The Bertz CT molecular complexity index is 434. The van der Waals surface area contributed by atoms with E-state index in [-0.39, 0.29) is 23.0 Å². The molecule has 1 heterocycles. The number of cyclic esters (lactones) is 1. The Morgan fingerprint density at radius 2 is 1.88 bits per heavy atom. The third kappa shape index (κ3) is 4.33. The van der Waals surface area contributed by atoms with Crippen molar-refractivity contribution >= 4 is 14.0 Å². The maximum absolute atomic E-state index is 12.7. The van der Waals surface area contributed by atoms with Gasteiger partial charge in [0.1, 0.15) is 6.10 Å². The Balaban J connectivity index is 3.38. The molecule has 0 radical (unpaired) electrons. The van der Waals surface area contributed by atoms with Crippen LogP contribution in [0.5, 0.6) is 0 Å². The van der Waals surface area contributed by atoms with E-state index in [9.17, 15) is 4.79 Å². The molecule has 0 saturated carbocycles. The Hall–Kier alpha value is -0.573. The number of hydrogen-bond acceptors (Lipinski definition) is 2. The zero-order valence-corrected chi connectivity index (χ0v) is 18.3. The van der Waals surface area contributed by atoms with Gasteiger partial charge in [-0.2, -0.15) is 0 Å². The molecule has 0 spiro atoms. The largest absolute Gasteiger partial charge is 0.462 e. The van der Waals surface area contributed by atoms with Gasteiger partial charge in [0.05, 0.1) is 14.0 Å². The van der Waals surface area contributed by atoms with Gasteiger partial charge in [-0.3, -0.25) is 4.79 Å². The molecule has 24 heavy (non-hydrogen) atoms. The molecule has 0 bridgehead atoms. The highest BCUT2D eigenvalue weighted by atomic mass is 28.3. The molecule has 140 valence electrons. The van der Waals surface area contributed by atoms with E-state index in [0.717, 1.165) is 12.8 Å². The normalized spacial score (nSPS) is 28.8. The smallest absolute Gasteiger partial charge is 0.309 e. The van der Waals surface area contributed by atoms with Gasteiger partial charge in [0.15, 0.2) is 0 Å². The first-order chi connectivity index (χ1) is 11.0. The highest BCUT2D eigenvalue weighted by Crippen LogP contribution is 2.55. The van der Waals surface area contributed by atoms with E-state index in [1.54, 1.807) is 0 Å². The molecule has 0 N–H and O–H groups in total. The van der Waals surface area contributed by atoms with Crippen molar-refractivity contribution in [2.75, 3.05) is 0 Å². The summed E-state index contributed by atoms with van der Waals surface area (Å²) in [5, 5.41) is 0.289. The van der Waals surface area contributed by atoms with Crippen LogP contribution in [-0.4, -0.2) is 20.1 Å². The molecule has 0 aromatic rings. The van der Waals surface area contributed by atoms with Crippen LogP contribution in [-0.2, 0) is 9.53 Å². The van der Waals surface area contributed by atoms with Crippen LogP contribution in [0.3, 0.4) is 0 Å². The zero-order chi connectivity index (χ0) is 18.7. The molecule has 4 atom stereocenters. The fourth-order valence-corrected chi connectivity index (χ4v) is 7.97. The molecule has 0 amide bonds. The van der Waals surface area contributed by atoms with Gasteiger partial charge >= 0.3 is 5.97 Å². The first-order valence-corrected chi connectivity index (χ1v) is 12.9. The molecule has 1 fully saturated rings. The van der Waals surface area contributed by atoms with Crippen molar-refractivity contribution in [3.05, 3.63) is 12.7 Å². The van der Waals surface area contributed by atoms with E-state index < -0.39 is 8.07 Å². The van der Waals surface area contributed by atoms with Crippen molar-refractivity contribution in [2.45, 2.75) is 97.0 Å². The lowest BCUT2D eigenvalue weighted by Crippen LogP contribution is -2.57. The number of carbonyl (C=O) groups is 1. The van der Waals surface area contributed by atoms with Crippen LogP contribution >= 0.6 is 0 Å². The van der Waals surface area contributed by atoms with Crippen LogP contribution in [0.15, 0.2) is 12.7 Å². The summed E-state index contributed by atoms with van der Waals surface area (Å²) >= 11 is 0. The molecule has 0 unspecified atom stereocenters. The minimum absolute atomic E-state index is 0.00294. The SMILES string of the molecule is C=CC[C@H]1C(=O)O[C@H](C(C)C)[C@@H]([Si](C)(C)C(C)(C)C)[C@@H]1CCCC. The van der Waals surface area contributed by atoms with Crippen molar-refractivity contribution in [3.8, 4) is 0 Å². The monoisotopic (exact) mass is 352 g/mol. The quantitative estimate of drug-likeness (QED) is 0.299. The van der Waals surface area contributed by atoms with Crippen molar-refractivity contribution in [1.82, 2.24) is 0 Å². The summed E-state index contributed by atoms with van der Waals surface area (Å²) in [5.74, 6) is 0.840. The summed E-state index contributed by atoms with van der Waals surface area (Å²) in [7, 11) is -1.65. The van der Waals surface area contributed by atoms with E-state index >= 15 is 0 Å². The number of ether oxygens (including phenoxy) is 1. The standard InChI is InChI=1S/C21H40O2Si/c1-10-12-14-16-17(13-11-2)20(22)23-18(15(3)4)19(16)24(8,9)21(5,6)7/h11,15-19H,2,10,12-14H2,1,3-9H3/t16-,17-,18-,19+/m1/s1. The number of unbranched alkanes of at least 4 members (excludes halogenated alkanes) is 1. The molecule has 1 rings (SSSR count). The van der Waals surface area contributed by atoms with Gasteiger partial charge in [0.25, 0.3) is 0 Å². The van der Waals surface area contributed by atoms with Crippen molar-refractivity contribution in [3.63, 3.8) is 0 Å². The third-order valence-electron chi connectivity index (χ3n) is 6.62. The van der Waals surface area contributed by atoms with E-state index in [2.05, 4.69) is 61.2 Å². The molecule has 0 aromatic heterocycles. The molecule has 0 aromatic carbocycles. The second-order valence-electron chi connectivity index (χ2n) is 9.58. The van der Waals surface area contributed by atoms with Gasteiger partial charge in [0, 0.05) is 0 Å². The Morgan fingerprint density at radius 3 is 2.29 bits per heavy atom. The number of rotatable bonds is 7. The van der Waals surface area contributed by atoms with Crippen LogP contribution in [0.4, 0.5) is 0 Å². The third-order valence-corrected chi connectivity index (χ3v) is 12.9. The van der Waals surface area contributed by atoms with Crippen molar-refractivity contribution < 1.29 is 9.53 Å². The maximum Gasteiger partial charge on any atom is 0.309 e. The highest BCUT2D eigenvalue weighted by Gasteiger charge is 2.55. The molecule has 3 heteroatoms. The highest BCUT2D eigenvalue weighted by molar-refractivity contribution is 6.81. The van der Waals surface area contributed by atoms with Gasteiger partial charge in [-0.1, -0.05) is 73.6 Å². The Kier molecular flexibility index (Phi) is 7.34. The van der Waals surface area contributed by atoms with E-state index in [1.165, 1.54) is 12.8 Å². The van der Waals surface area contributed by atoms with Crippen LogP contribution in [0.1, 0.15) is 67.2 Å². The van der Waals surface area contributed by atoms with Crippen LogP contribution in [0, 0.1) is 17.8 Å². The van der Waals surface area contributed by atoms with Gasteiger partial charge in [-0.25, -0.2) is 0 Å². The van der Waals surface area contributed by atoms with E-state index in [4.69, 9.17) is 4.74 Å². The average molecular weight is 353 g/mol. The summed E-state index contributed by atoms with van der Waals surface area (Å²) < 4.78 is 6.07. The van der Waals surface area contributed by atoms with Crippen molar-refractivity contribution in [1.29, 1.82) is 0 Å². The predicted molar refractivity (Wildman–Crippen MR) is 107 cm³/mol. The van der Waals surface area contributed by atoms with Gasteiger partial charge < -0.3 is 4.74 Å². The first kappa shape index (κ1) is 21.5. The van der Waals surface area contributed by atoms with E-state index in [0.29, 0.717) is 17.4 Å². The molecule has 1 saturated heterocycles. The number of esters is 1. The second-order valence-corrected chi connectivity index (χ2v) is 15.2. The summed E-state index contributed by atoms with van der Waals surface area (Å²) in [6.45, 7) is 22.7. The van der Waals surface area contributed by atoms with Crippen LogP contribution in [0.2, 0.25) is 23.7 Å². The maximum atomic E-state index is 12.7. The molecular formula is C21H40O2Si. The fraction of sp³-hybridized carbons (Fsp3) is 0.857. The predicted octanol–water partition coefficient (Wildman–Crippen LogP) is 6.45. The summed E-state index contributed by atoms with van der Waals surface area (Å²) in [6, 6.07) is 0. The molecule has 2 nitrogen and oxygen atoms in total. The average Bonchev–Trinajstić information content (AvgIpc) is 2.45. The molecule has 1 aliphatic heterocycles. The number of allylic oxidation sites excluding steroid dienone is 1. The second kappa shape index (κ2) is 8.20. The first-order valence-electron chi connectivity index (χ1n) is 9.80. The summed E-state index contributed by atoms with van der Waals surface area (Å²) in [4.78, 5) is 12.7. The lowest BCUT2D eigenvalue weighted by Gasteiger charge is -2.54. The Labute approximate surface area is 151 Å². The van der Waals surface area contributed by atoms with E-state index in [1.807, 2.05) is 6.08 Å². The van der Waals surface area contributed by atoms with Crippen LogP contribution in [0.25, 0.3) is 0 Å². The lowest BCUT2D eigenvalue weighted by atomic mass is 9.77.